The molecule has 3 nitrogen and oxygen atoms in total. The Balaban J connectivity index is 1.92. The van der Waals surface area contributed by atoms with Gasteiger partial charge in [-0.2, -0.15) is 0 Å². The van der Waals surface area contributed by atoms with Crippen LogP contribution in [0.5, 0.6) is 0 Å². The first kappa shape index (κ1) is 11.7. The molecule has 3 heteroatoms. The fourth-order valence-corrected chi connectivity index (χ4v) is 1.62. The predicted octanol–water partition coefficient (Wildman–Crippen LogP) is 2.64. The summed E-state index contributed by atoms with van der Waals surface area (Å²) in [7, 11) is 0. The minimum absolute atomic E-state index is 0.296. The van der Waals surface area contributed by atoms with Crippen LogP contribution in [0.1, 0.15) is 29.8 Å². The SMILES string of the molecule is Cc1ccc(CN[C@H](C)c2cccnc2)cn1. The quantitative estimate of drug-likeness (QED) is 0.872. The van der Waals surface area contributed by atoms with Gasteiger partial charge in [-0.05, 0) is 37.1 Å². The average molecular weight is 227 g/mol. The van der Waals surface area contributed by atoms with Crippen LogP contribution < -0.4 is 5.32 Å². The predicted molar refractivity (Wildman–Crippen MR) is 68.5 cm³/mol. The molecule has 0 aliphatic rings. The van der Waals surface area contributed by atoms with E-state index in [1.54, 1.807) is 6.20 Å². The molecule has 2 heterocycles. The maximum absolute atomic E-state index is 4.28. The van der Waals surface area contributed by atoms with Gasteiger partial charge in [0.05, 0.1) is 0 Å². The Bertz CT molecular complexity index is 451. The Morgan fingerprint density at radius 2 is 2.12 bits per heavy atom. The standard InChI is InChI=1S/C14H17N3/c1-11-5-6-13(8-16-11)9-17-12(2)14-4-3-7-15-10-14/h3-8,10,12,17H,9H2,1-2H3/t12-/m1/s1. The Morgan fingerprint density at radius 1 is 1.24 bits per heavy atom. The molecule has 0 saturated heterocycles. The number of hydrogen-bond acceptors (Lipinski definition) is 3. The van der Waals surface area contributed by atoms with E-state index in [-0.39, 0.29) is 0 Å². The van der Waals surface area contributed by atoms with Crippen molar-refractivity contribution in [2.24, 2.45) is 0 Å². The van der Waals surface area contributed by atoms with Crippen molar-refractivity contribution in [3.05, 3.63) is 59.7 Å². The van der Waals surface area contributed by atoms with Crippen LogP contribution in [0.2, 0.25) is 0 Å². The van der Waals surface area contributed by atoms with Crippen molar-refractivity contribution < 1.29 is 0 Å². The lowest BCUT2D eigenvalue weighted by molar-refractivity contribution is 0.572. The van der Waals surface area contributed by atoms with Gasteiger partial charge in [0, 0.05) is 36.9 Å². The van der Waals surface area contributed by atoms with Crippen LogP contribution in [0.3, 0.4) is 0 Å². The zero-order valence-electron chi connectivity index (χ0n) is 10.2. The molecule has 2 aromatic rings. The minimum Gasteiger partial charge on any atom is -0.306 e. The second kappa shape index (κ2) is 5.55. The van der Waals surface area contributed by atoms with Crippen LogP contribution in [0.15, 0.2) is 42.9 Å². The number of nitrogens with one attached hydrogen (secondary N) is 1. The zero-order valence-corrected chi connectivity index (χ0v) is 10.2. The van der Waals surface area contributed by atoms with E-state index < -0.39 is 0 Å². The van der Waals surface area contributed by atoms with E-state index in [0.29, 0.717) is 6.04 Å². The third kappa shape index (κ3) is 3.36. The smallest absolute Gasteiger partial charge is 0.0372 e. The van der Waals surface area contributed by atoms with E-state index in [9.17, 15) is 0 Å². The molecular formula is C14H17N3. The Morgan fingerprint density at radius 3 is 2.76 bits per heavy atom. The molecule has 2 rings (SSSR count). The van der Waals surface area contributed by atoms with Gasteiger partial charge in [-0.3, -0.25) is 9.97 Å². The molecule has 2 aromatic heterocycles. The molecule has 1 atom stereocenters. The molecule has 0 saturated carbocycles. The van der Waals surface area contributed by atoms with E-state index in [1.807, 2.05) is 31.5 Å². The molecule has 88 valence electrons. The maximum Gasteiger partial charge on any atom is 0.0372 e. The molecule has 0 unspecified atom stereocenters. The van der Waals surface area contributed by atoms with Gasteiger partial charge < -0.3 is 5.32 Å². The number of pyridine rings is 2. The highest BCUT2D eigenvalue weighted by Crippen LogP contribution is 2.10. The molecular weight excluding hydrogens is 210 g/mol. The monoisotopic (exact) mass is 227 g/mol. The fraction of sp³-hybridized carbons (Fsp3) is 0.286. The first-order valence-electron chi connectivity index (χ1n) is 5.80. The summed E-state index contributed by atoms with van der Waals surface area (Å²) >= 11 is 0. The van der Waals surface area contributed by atoms with Gasteiger partial charge in [-0.15, -0.1) is 0 Å². The third-order valence-corrected chi connectivity index (χ3v) is 2.77. The summed E-state index contributed by atoms with van der Waals surface area (Å²) in [4.78, 5) is 8.40. The Kier molecular flexibility index (Phi) is 3.83. The summed E-state index contributed by atoms with van der Waals surface area (Å²) < 4.78 is 0. The van der Waals surface area contributed by atoms with Gasteiger partial charge in [0.1, 0.15) is 0 Å². The van der Waals surface area contributed by atoms with Gasteiger partial charge in [-0.25, -0.2) is 0 Å². The van der Waals surface area contributed by atoms with Crippen LogP contribution in [-0.2, 0) is 6.54 Å². The summed E-state index contributed by atoms with van der Waals surface area (Å²) in [5.41, 5.74) is 3.45. The molecule has 0 spiro atoms. The highest BCUT2D eigenvalue weighted by molar-refractivity contribution is 5.15. The topological polar surface area (TPSA) is 37.8 Å². The zero-order chi connectivity index (χ0) is 12.1. The van der Waals surface area contributed by atoms with Crippen molar-refractivity contribution in [3.63, 3.8) is 0 Å². The lowest BCUT2D eigenvalue weighted by Crippen LogP contribution is -2.18. The molecule has 0 aliphatic carbocycles. The van der Waals surface area contributed by atoms with Crippen LogP contribution in [0, 0.1) is 6.92 Å². The van der Waals surface area contributed by atoms with Gasteiger partial charge in [0.25, 0.3) is 0 Å². The molecule has 0 aliphatic heterocycles. The number of rotatable bonds is 4. The maximum atomic E-state index is 4.28. The molecule has 0 radical (unpaired) electrons. The van der Waals surface area contributed by atoms with E-state index >= 15 is 0 Å². The van der Waals surface area contributed by atoms with Crippen molar-refractivity contribution in [1.82, 2.24) is 15.3 Å². The van der Waals surface area contributed by atoms with Crippen molar-refractivity contribution in [3.8, 4) is 0 Å². The summed E-state index contributed by atoms with van der Waals surface area (Å²) in [5, 5.41) is 3.45. The van der Waals surface area contributed by atoms with E-state index in [1.165, 1.54) is 11.1 Å². The lowest BCUT2D eigenvalue weighted by Gasteiger charge is -2.13. The summed E-state index contributed by atoms with van der Waals surface area (Å²) in [5.74, 6) is 0. The molecule has 1 N–H and O–H groups in total. The van der Waals surface area contributed by atoms with Crippen LogP contribution in [0.4, 0.5) is 0 Å². The summed E-state index contributed by atoms with van der Waals surface area (Å²) in [6.07, 6.45) is 5.60. The first-order valence-corrected chi connectivity index (χ1v) is 5.80. The fourth-order valence-electron chi connectivity index (χ4n) is 1.62. The van der Waals surface area contributed by atoms with Crippen LogP contribution in [-0.4, -0.2) is 9.97 Å². The number of hydrogen-bond donors (Lipinski definition) is 1. The molecule has 0 fully saturated rings. The summed E-state index contributed by atoms with van der Waals surface area (Å²) in [6.45, 7) is 4.96. The van der Waals surface area contributed by atoms with Gasteiger partial charge in [-0.1, -0.05) is 12.1 Å². The largest absolute Gasteiger partial charge is 0.306 e. The van der Waals surface area contributed by atoms with Crippen molar-refractivity contribution in [2.45, 2.75) is 26.4 Å². The van der Waals surface area contributed by atoms with Crippen molar-refractivity contribution in [1.29, 1.82) is 0 Å². The van der Waals surface area contributed by atoms with E-state index in [4.69, 9.17) is 0 Å². The average Bonchev–Trinajstić information content (AvgIpc) is 2.39. The lowest BCUT2D eigenvalue weighted by atomic mass is 10.1. The third-order valence-electron chi connectivity index (χ3n) is 2.77. The second-order valence-electron chi connectivity index (χ2n) is 4.20. The second-order valence-corrected chi connectivity index (χ2v) is 4.20. The first-order chi connectivity index (χ1) is 8.25. The molecule has 0 aromatic carbocycles. The normalized spacial score (nSPS) is 12.4. The Labute approximate surface area is 102 Å². The Hall–Kier alpha value is -1.74. The van der Waals surface area contributed by atoms with Gasteiger partial charge in [0.15, 0.2) is 0 Å². The molecule has 0 bridgehead atoms. The van der Waals surface area contributed by atoms with Gasteiger partial charge in [0.2, 0.25) is 0 Å². The highest BCUT2D eigenvalue weighted by atomic mass is 14.9. The van der Waals surface area contributed by atoms with Gasteiger partial charge >= 0.3 is 0 Å². The van der Waals surface area contributed by atoms with Crippen LogP contribution in [0.25, 0.3) is 0 Å². The molecule has 17 heavy (non-hydrogen) atoms. The number of nitrogens with zero attached hydrogens (tertiary/aromatic N) is 2. The molecule has 0 amide bonds. The van der Waals surface area contributed by atoms with Crippen molar-refractivity contribution in [2.75, 3.05) is 0 Å². The minimum atomic E-state index is 0.296. The highest BCUT2D eigenvalue weighted by Gasteiger charge is 2.04. The summed E-state index contributed by atoms with van der Waals surface area (Å²) in [6, 6.07) is 8.47. The van der Waals surface area contributed by atoms with E-state index in [2.05, 4.69) is 34.3 Å². The number of aryl methyl sites for hydroxylation is 1. The van der Waals surface area contributed by atoms with Crippen LogP contribution >= 0.6 is 0 Å². The van der Waals surface area contributed by atoms with E-state index in [0.717, 1.165) is 12.2 Å². The van der Waals surface area contributed by atoms with Crippen molar-refractivity contribution >= 4 is 0 Å². The number of aromatic nitrogens is 2.